The number of rotatable bonds is 5. The van der Waals surface area contributed by atoms with Crippen molar-refractivity contribution in [1.29, 1.82) is 0 Å². The SMILES string of the molecule is COc1ccc(C(N)C2OCCC2C)c(OC)c1OC. The summed E-state index contributed by atoms with van der Waals surface area (Å²) in [5.41, 5.74) is 7.26. The maximum absolute atomic E-state index is 6.38. The first-order valence-electron chi connectivity index (χ1n) is 6.80. The van der Waals surface area contributed by atoms with Gasteiger partial charge in [-0.3, -0.25) is 0 Å². The third-order valence-electron chi connectivity index (χ3n) is 3.89. The van der Waals surface area contributed by atoms with E-state index in [-0.39, 0.29) is 12.1 Å². The average molecular weight is 281 g/mol. The summed E-state index contributed by atoms with van der Waals surface area (Å²) in [5, 5.41) is 0. The lowest BCUT2D eigenvalue weighted by Crippen LogP contribution is -2.30. The second-order valence-corrected chi connectivity index (χ2v) is 5.05. The van der Waals surface area contributed by atoms with Gasteiger partial charge in [0.15, 0.2) is 11.5 Å². The molecule has 1 aliphatic heterocycles. The van der Waals surface area contributed by atoms with Crippen molar-refractivity contribution in [3.8, 4) is 17.2 Å². The Labute approximate surface area is 120 Å². The molecule has 5 heteroatoms. The van der Waals surface area contributed by atoms with Crippen LogP contribution in [0.3, 0.4) is 0 Å². The minimum Gasteiger partial charge on any atom is -0.493 e. The van der Waals surface area contributed by atoms with Gasteiger partial charge in [0.05, 0.1) is 33.5 Å². The maximum atomic E-state index is 6.38. The van der Waals surface area contributed by atoms with Gasteiger partial charge in [-0.1, -0.05) is 6.92 Å². The molecule has 3 unspecified atom stereocenters. The molecule has 20 heavy (non-hydrogen) atoms. The standard InChI is InChI=1S/C15H23NO4/c1-9-7-8-20-13(9)12(16)10-5-6-11(17-2)15(19-4)14(10)18-3/h5-6,9,12-13H,7-8,16H2,1-4H3. The Kier molecular flexibility index (Phi) is 4.73. The maximum Gasteiger partial charge on any atom is 0.203 e. The smallest absolute Gasteiger partial charge is 0.203 e. The summed E-state index contributed by atoms with van der Waals surface area (Å²) in [7, 11) is 4.79. The minimum atomic E-state index is -0.248. The first-order valence-corrected chi connectivity index (χ1v) is 6.80. The first kappa shape index (κ1) is 14.9. The van der Waals surface area contributed by atoms with E-state index in [1.165, 1.54) is 0 Å². The van der Waals surface area contributed by atoms with E-state index in [4.69, 9.17) is 24.7 Å². The molecule has 2 rings (SSSR count). The highest BCUT2D eigenvalue weighted by atomic mass is 16.5. The van der Waals surface area contributed by atoms with E-state index in [2.05, 4.69) is 6.92 Å². The van der Waals surface area contributed by atoms with Crippen LogP contribution in [0.4, 0.5) is 0 Å². The van der Waals surface area contributed by atoms with Crippen LogP contribution in [0, 0.1) is 5.92 Å². The summed E-state index contributed by atoms with van der Waals surface area (Å²) in [6.07, 6.45) is 1.04. The number of benzene rings is 1. The number of ether oxygens (including phenoxy) is 4. The zero-order valence-corrected chi connectivity index (χ0v) is 12.5. The predicted octanol–water partition coefficient (Wildman–Crippen LogP) is 2.14. The zero-order chi connectivity index (χ0) is 14.7. The number of hydrogen-bond donors (Lipinski definition) is 1. The van der Waals surface area contributed by atoms with Crippen molar-refractivity contribution in [3.63, 3.8) is 0 Å². The highest BCUT2D eigenvalue weighted by molar-refractivity contribution is 5.56. The molecule has 1 saturated heterocycles. The molecule has 0 radical (unpaired) electrons. The molecule has 1 aromatic carbocycles. The summed E-state index contributed by atoms with van der Waals surface area (Å²) in [6, 6.07) is 3.51. The monoisotopic (exact) mass is 281 g/mol. The van der Waals surface area contributed by atoms with Crippen molar-refractivity contribution in [2.75, 3.05) is 27.9 Å². The van der Waals surface area contributed by atoms with E-state index >= 15 is 0 Å². The van der Waals surface area contributed by atoms with Crippen LogP contribution >= 0.6 is 0 Å². The number of methoxy groups -OCH3 is 3. The Hall–Kier alpha value is -1.46. The van der Waals surface area contributed by atoms with Gasteiger partial charge >= 0.3 is 0 Å². The highest BCUT2D eigenvalue weighted by Gasteiger charge is 2.33. The molecule has 0 bridgehead atoms. The fourth-order valence-electron chi connectivity index (χ4n) is 2.74. The number of nitrogens with two attached hydrogens (primary N) is 1. The van der Waals surface area contributed by atoms with E-state index in [0.29, 0.717) is 23.2 Å². The Balaban J connectivity index is 2.40. The summed E-state index contributed by atoms with van der Waals surface area (Å²) >= 11 is 0. The molecular formula is C15H23NO4. The van der Waals surface area contributed by atoms with Crippen LogP contribution in [0.25, 0.3) is 0 Å². The first-order chi connectivity index (χ1) is 9.63. The van der Waals surface area contributed by atoms with Gasteiger partial charge in [0.1, 0.15) is 0 Å². The lowest BCUT2D eigenvalue weighted by atomic mass is 9.92. The minimum absolute atomic E-state index is 0.00185. The van der Waals surface area contributed by atoms with E-state index < -0.39 is 0 Å². The Morgan fingerprint density at radius 2 is 1.85 bits per heavy atom. The van der Waals surface area contributed by atoms with Gasteiger partial charge in [0, 0.05) is 12.2 Å². The second kappa shape index (κ2) is 6.33. The Bertz CT molecular complexity index is 463. The van der Waals surface area contributed by atoms with Crippen molar-refractivity contribution >= 4 is 0 Å². The van der Waals surface area contributed by atoms with E-state index in [0.717, 1.165) is 18.6 Å². The summed E-state index contributed by atoms with van der Waals surface area (Å²) < 4.78 is 21.9. The van der Waals surface area contributed by atoms with Crippen LogP contribution in [0.1, 0.15) is 24.9 Å². The molecule has 1 fully saturated rings. The van der Waals surface area contributed by atoms with Crippen molar-refractivity contribution in [1.82, 2.24) is 0 Å². The molecule has 0 amide bonds. The molecule has 112 valence electrons. The van der Waals surface area contributed by atoms with Crippen LogP contribution in [0.5, 0.6) is 17.2 Å². The molecular weight excluding hydrogens is 258 g/mol. The van der Waals surface area contributed by atoms with Gasteiger partial charge in [-0.05, 0) is 24.5 Å². The van der Waals surface area contributed by atoms with Gasteiger partial charge in [0.2, 0.25) is 5.75 Å². The highest BCUT2D eigenvalue weighted by Crippen LogP contribution is 2.43. The molecule has 0 aliphatic carbocycles. The molecule has 3 atom stereocenters. The second-order valence-electron chi connectivity index (χ2n) is 5.05. The molecule has 2 N–H and O–H groups in total. The molecule has 1 aliphatic rings. The fourth-order valence-corrected chi connectivity index (χ4v) is 2.74. The zero-order valence-electron chi connectivity index (χ0n) is 12.5. The fraction of sp³-hybridized carbons (Fsp3) is 0.600. The number of hydrogen-bond acceptors (Lipinski definition) is 5. The summed E-state index contributed by atoms with van der Waals surface area (Å²) in [6.45, 7) is 2.92. The van der Waals surface area contributed by atoms with Crippen LogP contribution < -0.4 is 19.9 Å². The largest absolute Gasteiger partial charge is 0.493 e. The third-order valence-corrected chi connectivity index (χ3v) is 3.89. The van der Waals surface area contributed by atoms with E-state index in [1.54, 1.807) is 21.3 Å². The van der Waals surface area contributed by atoms with E-state index in [9.17, 15) is 0 Å². The summed E-state index contributed by atoms with van der Waals surface area (Å²) in [5.74, 6) is 2.24. The Morgan fingerprint density at radius 3 is 2.35 bits per heavy atom. The van der Waals surface area contributed by atoms with Gasteiger partial charge in [-0.2, -0.15) is 0 Å². The topological polar surface area (TPSA) is 62.9 Å². The predicted molar refractivity (Wildman–Crippen MR) is 76.5 cm³/mol. The third kappa shape index (κ3) is 2.55. The molecule has 0 aromatic heterocycles. The van der Waals surface area contributed by atoms with Crippen LogP contribution in [0.15, 0.2) is 12.1 Å². The molecule has 0 spiro atoms. The van der Waals surface area contributed by atoms with Crippen LogP contribution in [0.2, 0.25) is 0 Å². The quantitative estimate of drug-likeness (QED) is 0.896. The van der Waals surface area contributed by atoms with Crippen LogP contribution in [-0.2, 0) is 4.74 Å². The van der Waals surface area contributed by atoms with Gasteiger partial charge < -0.3 is 24.7 Å². The van der Waals surface area contributed by atoms with Gasteiger partial charge in [0.25, 0.3) is 0 Å². The lowest BCUT2D eigenvalue weighted by Gasteiger charge is -2.25. The van der Waals surface area contributed by atoms with Crippen molar-refractivity contribution in [2.24, 2.45) is 11.7 Å². The normalized spacial score (nSPS) is 23.4. The van der Waals surface area contributed by atoms with Crippen molar-refractivity contribution < 1.29 is 18.9 Å². The van der Waals surface area contributed by atoms with Gasteiger partial charge in [-0.15, -0.1) is 0 Å². The lowest BCUT2D eigenvalue weighted by molar-refractivity contribution is 0.0716. The molecule has 1 aromatic rings. The van der Waals surface area contributed by atoms with Crippen LogP contribution in [-0.4, -0.2) is 34.0 Å². The Morgan fingerprint density at radius 1 is 1.15 bits per heavy atom. The van der Waals surface area contributed by atoms with Gasteiger partial charge in [-0.25, -0.2) is 0 Å². The average Bonchev–Trinajstić information content (AvgIpc) is 2.90. The molecule has 0 saturated carbocycles. The van der Waals surface area contributed by atoms with Crippen molar-refractivity contribution in [2.45, 2.75) is 25.5 Å². The molecule has 5 nitrogen and oxygen atoms in total. The molecule has 1 heterocycles. The summed E-state index contributed by atoms with van der Waals surface area (Å²) in [4.78, 5) is 0. The van der Waals surface area contributed by atoms with E-state index in [1.807, 2.05) is 12.1 Å². The van der Waals surface area contributed by atoms with Crippen molar-refractivity contribution in [3.05, 3.63) is 17.7 Å².